The van der Waals surface area contributed by atoms with Crippen LogP contribution in [0.15, 0.2) is 60.8 Å². The topological polar surface area (TPSA) is 12.0 Å². The zero-order valence-electron chi connectivity index (χ0n) is 8.98. The molecule has 1 heterocycles. The summed E-state index contributed by atoms with van der Waals surface area (Å²) >= 11 is 0. The Balaban J connectivity index is 2.23. The predicted octanol–water partition coefficient (Wildman–Crippen LogP) is 3.34. The molecule has 1 aliphatic heterocycles. The highest BCUT2D eigenvalue weighted by Gasteiger charge is 2.04. The molecule has 1 heteroatoms. The number of dihydropyridines is 1. The SMILES string of the molecule is C1=CC(c2cccc3ccccc23)=CCN1. The maximum absolute atomic E-state index is 3.18. The third kappa shape index (κ3) is 1.50. The Morgan fingerprint density at radius 3 is 2.69 bits per heavy atom. The number of benzene rings is 2. The van der Waals surface area contributed by atoms with E-state index in [1.807, 2.05) is 6.20 Å². The van der Waals surface area contributed by atoms with Crippen LogP contribution in [0.2, 0.25) is 0 Å². The van der Waals surface area contributed by atoms with Gasteiger partial charge in [0.2, 0.25) is 0 Å². The first-order valence-electron chi connectivity index (χ1n) is 5.53. The molecule has 0 fully saturated rings. The second kappa shape index (κ2) is 3.86. The van der Waals surface area contributed by atoms with Gasteiger partial charge in [0, 0.05) is 6.54 Å². The molecule has 0 aromatic heterocycles. The Morgan fingerprint density at radius 1 is 0.938 bits per heavy atom. The molecular weight excluding hydrogens is 194 g/mol. The standard InChI is InChI=1S/C15H13N/c1-2-6-14-12(4-1)5-3-7-15(14)13-8-10-16-11-9-13/h1-10,16H,11H2. The fourth-order valence-electron chi connectivity index (χ4n) is 2.13. The van der Waals surface area contributed by atoms with E-state index in [9.17, 15) is 0 Å². The Morgan fingerprint density at radius 2 is 1.81 bits per heavy atom. The fourth-order valence-corrected chi connectivity index (χ4v) is 2.13. The molecule has 16 heavy (non-hydrogen) atoms. The lowest BCUT2D eigenvalue weighted by molar-refractivity contribution is 0.976. The third-order valence-corrected chi connectivity index (χ3v) is 2.92. The van der Waals surface area contributed by atoms with Crippen molar-refractivity contribution in [2.75, 3.05) is 6.54 Å². The smallest absolute Gasteiger partial charge is 0.0334 e. The van der Waals surface area contributed by atoms with Crippen molar-refractivity contribution in [1.82, 2.24) is 5.32 Å². The van der Waals surface area contributed by atoms with Crippen LogP contribution in [-0.2, 0) is 0 Å². The van der Waals surface area contributed by atoms with E-state index in [-0.39, 0.29) is 0 Å². The van der Waals surface area contributed by atoms with Crippen molar-refractivity contribution >= 4 is 16.3 Å². The lowest BCUT2D eigenvalue weighted by atomic mass is 9.97. The maximum atomic E-state index is 3.18. The zero-order chi connectivity index (χ0) is 10.8. The van der Waals surface area contributed by atoms with Gasteiger partial charge in [-0.15, -0.1) is 0 Å². The molecule has 0 atom stereocenters. The highest BCUT2D eigenvalue weighted by Crippen LogP contribution is 2.26. The predicted molar refractivity (Wildman–Crippen MR) is 69.1 cm³/mol. The van der Waals surface area contributed by atoms with E-state index in [0.29, 0.717) is 0 Å². The zero-order valence-corrected chi connectivity index (χ0v) is 8.98. The van der Waals surface area contributed by atoms with Gasteiger partial charge in [-0.05, 0) is 34.2 Å². The van der Waals surface area contributed by atoms with Gasteiger partial charge >= 0.3 is 0 Å². The van der Waals surface area contributed by atoms with E-state index in [1.54, 1.807) is 0 Å². The van der Waals surface area contributed by atoms with Gasteiger partial charge in [0.25, 0.3) is 0 Å². The van der Waals surface area contributed by atoms with Crippen molar-refractivity contribution in [2.24, 2.45) is 0 Å². The average Bonchev–Trinajstić information content (AvgIpc) is 2.39. The molecule has 0 spiro atoms. The molecule has 0 bridgehead atoms. The maximum Gasteiger partial charge on any atom is 0.0334 e. The van der Waals surface area contributed by atoms with Crippen molar-refractivity contribution in [3.05, 3.63) is 66.4 Å². The Kier molecular flexibility index (Phi) is 2.22. The highest BCUT2D eigenvalue weighted by atomic mass is 14.8. The molecule has 78 valence electrons. The van der Waals surface area contributed by atoms with Gasteiger partial charge in [-0.1, -0.05) is 48.5 Å². The van der Waals surface area contributed by atoms with E-state index in [4.69, 9.17) is 0 Å². The molecule has 3 rings (SSSR count). The van der Waals surface area contributed by atoms with Crippen LogP contribution < -0.4 is 5.32 Å². The summed E-state index contributed by atoms with van der Waals surface area (Å²) in [7, 11) is 0. The number of nitrogens with one attached hydrogen (secondary N) is 1. The second-order valence-corrected chi connectivity index (χ2v) is 3.93. The van der Waals surface area contributed by atoms with Crippen molar-refractivity contribution in [3.63, 3.8) is 0 Å². The highest BCUT2D eigenvalue weighted by molar-refractivity contribution is 5.96. The van der Waals surface area contributed by atoms with Crippen LogP contribution in [0.3, 0.4) is 0 Å². The van der Waals surface area contributed by atoms with Crippen molar-refractivity contribution in [2.45, 2.75) is 0 Å². The molecule has 0 saturated carbocycles. The third-order valence-electron chi connectivity index (χ3n) is 2.92. The summed E-state index contributed by atoms with van der Waals surface area (Å²) < 4.78 is 0. The Hall–Kier alpha value is -2.02. The number of fused-ring (bicyclic) bond motifs is 1. The van der Waals surface area contributed by atoms with Crippen LogP contribution in [0.5, 0.6) is 0 Å². The van der Waals surface area contributed by atoms with E-state index < -0.39 is 0 Å². The molecule has 0 radical (unpaired) electrons. The summed E-state index contributed by atoms with van der Waals surface area (Å²) in [5.41, 5.74) is 2.62. The van der Waals surface area contributed by atoms with Gasteiger partial charge in [0.1, 0.15) is 0 Å². The number of rotatable bonds is 1. The van der Waals surface area contributed by atoms with Crippen LogP contribution in [0.4, 0.5) is 0 Å². The van der Waals surface area contributed by atoms with Gasteiger partial charge in [0.05, 0.1) is 0 Å². The molecular formula is C15H13N. The first-order valence-corrected chi connectivity index (χ1v) is 5.53. The van der Waals surface area contributed by atoms with Gasteiger partial charge in [-0.25, -0.2) is 0 Å². The van der Waals surface area contributed by atoms with E-state index in [0.717, 1.165) is 6.54 Å². The lowest BCUT2D eigenvalue weighted by Crippen LogP contribution is -2.08. The normalized spacial score (nSPS) is 14.6. The monoisotopic (exact) mass is 207 g/mol. The van der Waals surface area contributed by atoms with Crippen molar-refractivity contribution in [3.8, 4) is 0 Å². The summed E-state index contributed by atoms with van der Waals surface area (Å²) in [5, 5.41) is 5.80. The quantitative estimate of drug-likeness (QED) is 0.756. The molecule has 0 saturated heterocycles. The minimum Gasteiger partial charge on any atom is -0.387 e. The largest absolute Gasteiger partial charge is 0.387 e. The molecule has 2 aromatic rings. The molecule has 2 aromatic carbocycles. The van der Waals surface area contributed by atoms with Gasteiger partial charge in [-0.2, -0.15) is 0 Å². The molecule has 1 N–H and O–H groups in total. The van der Waals surface area contributed by atoms with Crippen molar-refractivity contribution in [1.29, 1.82) is 0 Å². The van der Waals surface area contributed by atoms with E-state index >= 15 is 0 Å². The summed E-state index contributed by atoms with van der Waals surface area (Å²) in [5.74, 6) is 0. The lowest BCUT2D eigenvalue weighted by Gasteiger charge is -2.11. The van der Waals surface area contributed by atoms with Crippen LogP contribution in [0, 0.1) is 0 Å². The van der Waals surface area contributed by atoms with Crippen LogP contribution in [0.1, 0.15) is 5.56 Å². The van der Waals surface area contributed by atoms with Crippen LogP contribution >= 0.6 is 0 Å². The fraction of sp³-hybridized carbons (Fsp3) is 0.0667. The van der Waals surface area contributed by atoms with Crippen molar-refractivity contribution < 1.29 is 0 Å². The van der Waals surface area contributed by atoms with Gasteiger partial charge in [-0.3, -0.25) is 0 Å². The van der Waals surface area contributed by atoms with E-state index in [1.165, 1.54) is 21.9 Å². The molecule has 0 unspecified atom stereocenters. The number of hydrogen-bond acceptors (Lipinski definition) is 1. The first-order chi connectivity index (χ1) is 7.95. The summed E-state index contributed by atoms with van der Waals surface area (Å²) in [6.07, 6.45) is 6.37. The van der Waals surface area contributed by atoms with Crippen LogP contribution in [0.25, 0.3) is 16.3 Å². The molecule has 0 amide bonds. The summed E-state index contributed by atoms with van der Waals surface area (Å²) in [4.78, 5) is 0. The van der Waals surface area contributed by atoms with Gasteiger partial charge < -0.3 is 5.32 Å². The van der Waals surface area contributed by atoms with Gasteiger partial charge in [0.15, 0.2) is 0 Å². The summed E-state index contributed by atoms with van der Waals surface area (Å²) in [6.45, 7) is 0.912. The number of allylic oxidation sites excluding steroid dienone is 2. The Bertz CT molecular complexity index is 574. The first kappa shape index (κ1) is 9.22. The van der Waals surface area contributed by atoms with E-state index in [2.05, 4.69) is 59.9 Å². The Labute approximate surface area is 95.1 Å². The second-order valence-electron chi connectivity index (χ2n) is 3.93. The molecule has 0 aliphatic carbocycles. The molecule has 1 nitrogen and oxygen atoms in total. The van der Waals surface area contributed by atoms with Crippen LogP contribution in [-0.4, -0.2) is 6.54 Å². The average molecular weight is 207 g/mol. The number of hydrogen-bond donors (Lipinski definition) is 1. The molecule has 1 aliphatic rings. The summed E-state index contributed by atoms with van der Waals surface area (Å²) in [6, 6.07) is 15.0. The minimum atomic E-state index is 0.912. The minimum absolute atomic E-state index is 0.912.